The number of hydrogen-bond donors (Lipinski definition) is 1. The summed E-state index contributed by atoms with van der Waals surface area (Å²) in [5.74, 6) is 0.979. The van der Waals surface area contributed by atoms with Crippen molar-refractivity contribution in [3.63, 3.8) is 0 Å². The predicted molar refractivity (Wildman–Crippen MR) is 94.1 cm³/mol. The molecule has 1 aliphatic rings. The van der Waals surface area contributed by atoms with Crippen molar-refractivity contribution in [3.05, 3.63) is 65.1 Å². The van der Waals surface area contributed by atoms with Crippen molar-refractivity contribution < 1.29 is 5.11 Å². The van der Waals surface area contributed by atoms with E-state index < -0.39 is 5.60 Å². The van der Waals surface area contributed by atoms with Crippen molar-refractivity contribution in [1.82, 2.24) is 14.6 Å². The second-order valence-corrected chi connectivity index (χ2v) is 7.33. The Balaban J connectivity index is 1.84. The molecule has 4 heteroatoms. The van der Waals surface area contributed by atoms with Gasteiger partial charge in [-0.15, -0.1) is 10.2 Å². The minimum Gasteiger partial charge on any atom is -0.386 e. The fourth-order valence-corrected chi connectivity index (χ4v) is 3.55. The second kappa shape index (κ2) is 5.15. The van der Waals surface area contributed by atoms with Crippen molar-refractivity contribution in [2.75, 3.05) is 0 Å². The SMILES string of the molecule is CCc1ccc(C2(c3nnc4c(C(C)(C)O)cccn34)CC2)cc1. The van der Waals surface area contributed by atoms with Crippen LogP contribution in [0.1, 0.15) is 56.1 Å². The van der Waals surface area contributed by atoms with Gasteiger partial charge in [0.2, 0.25) is 0 Å². The third-order valence-corrected chi connectivity index (χ3v) is 5.19. The highest BCUT2D eigenvalue weighted by Gasteiger charge is 2.49. The molecule has 4 nitrogen and oxygen atoms in total. The number of aromatic nitrogens is 3. The minimum atomic E-state index is -0.938. The lowest BCUT2D eigenvalue weighted by molar-refractivity contribution is 0.0796. The summed E-state index contributed by atoms with van der Waals surface area (Å²) in [6, 6.07) is 12.8. The highest BCUT2D eigenvalue weighted by molar-refractivity contribution is 5.53. The molecule has 2 heterocycles. The number of aliphatic hydroxyl groups is 1. The number of pyridine rings is 1. The van der Waals surface area contributed by atoms with Gasteiger partial charge in [-0.25, -0.2) is 0 Å². The van der Waals surface area contributed by atoms with Crippen LogP contribution in [0, 0.1) is 0 Å². The molecule has 0 atom stereocenters. The van der Waals surface area contributed by atoms with Crippen LogP contribution in [0.15, 0.2) is 42.6 Å². The van der Waals surface area contributed by atoms with Crippen molar-refractivity contribution in [1.29, 1.82) is 0 Å². The molecule has 3 aromatic rings. The molecular weight excluding hydrogens is 298 g/mol. The number of nitrogens with zero attached hydrogens (tertiary/aromatic N) is 3. The molecule has 0 aliphatic heterocycles. The van der Waals surface area contributed by atoms with E-state index in [2.05, 4.69) is 41.4 Å². The molecule has 0 amide bonds. The third-order valence-electron chi connectivity index (χ3n) is 5.19. The zero-order valence-electron chi connectivity index (χ0n) is 14.5. The van der Waals surface area contributed by atoms with Gasteiger partial charge in [-0.2, -0.15) is 0 Å². The summed E-state index contributed by atoms with van der Waals surface area (Å²) in [6.07, 6.45) is 5.23. The van der Waals surface area contributed by atoms with E-state index in [-0.39, 0.29) is 5.41 Å². The molecule has 1 aliphatic carbocycles. The highest BCUT2D eigenvalue weighted by Crippen LogP contribution is 2.52. The van der Waals surface area contributed by atoms with E-state index in [4.69, 9.17) is 0 Å². The Bertz CT molecular complexity index is 883. The van der Waals surface area contributed by atoms with Crippen molar-refractivity contribution >= 4 is 5.65 Å². The van der Waals surface area contributed by atoms with Crippen LogP contribution in [0.2, 0.25) is 0 Å². The lowest BCUT2D eigenvalue weighted by Crippen LogP contribution is -2.18. The van der Waals surface area contributed by atoms with Crippen LogP contribution in [0.25, 0.3) is 5.65 Å². The first-order valence-electron chi connectivity index (χ1n) is 8.62. The van der Waals surface area contributed by atoms with Crippen molar-refractivity contribution in [2.45, 2.75) is 51.0 Å². The summed E-state index contributed by atoms with van der Waals surface area (Å²) in [6.45, 7) is 5.74. The third kappa shape index (κ3) is 2.25. The van der Waals surface area contributed by atoms with E-state index in [1.807, 2.05) is 22.7 Å². The number of benzene rings is 1. The molecular formula is C20H23N3O. The van der Waals surface area contributed by atoms with Crippen LogP contribution in [-0.2, 0) is 17.4 Å². The molecule has 4 rings (SSSR count). The van der Waals surface area contributed by atoms with Gasteiger partial charge in [-0.1, -0.05) is 37.3 Å². The summed E-state index contributed by atoms with van der Waals surface area (Å²) < 4.78 is 2.05. The van der Waals surface area contributed by atoms with Crippen LogP contribution < -0.4 is 0 Å². The molecule has 1 N–H and O–H groups in total. The molecule has 124 valence electrons. The van der Waals surface area contributed by atoms with E-state index >= 15 is 0 Å². The number of aryl methyl sites for hydroxylation is 1. The average molecular weight is 321 g/mol. The van der Waals surface area contributed by atoms with Crippen LogP contribution in [0.3, 0.4) is 0 Å². The van der Waals surface area contributed by atoms with Gasteiger partial charge >= 0.3 is 0 Å². The van der Waals surface area contributed by atoms with Crippen LogP contribution in [0.5, 0.6) is 0 Å². The van der Waals surface area contributed by atoms with Gasteiger partial charge in [0.25, 0.3) is 0 Å². The first-order chi connectivity index (χ1) is 11.5. The lowest BCUT2D eigenvalue weighted by atomic mass is 9.93. The fraction of sp³-hybridized carbons (Fsp3) is 0.400. The van der Waals surface area contributed by atoms with E-state index in [0.29, 0.717) is 0 Å². The van der Waals surface area contributed by atoms with E-state index in [0.717, 1.165) is 36.3 Å². The molecule has 0 unspecified atom stereocenters. The van der Waals surface area contributed by atoms with Gasteiger partial charge in [0.15, 0.2) is 5.65 Å². The number of fused-ring (bicyclic) bond motifs is 1. The zero-order chi connectivity index (χ0) is 16.9. The largest absolute Gasteiger partial charge is 0.386 e. The van der Waals surface area contributed by atoms with Crippen LogP contribution in [-0.4, -0.2) is 19.7 Å². The monoisotopic (exact) mass is 321 g/mol. The van der Waals surface area contributed by atoms with Crippen LogP contribution in [0.4, 0.5) is 0 Å². The molecule has 0 bridgehead atoms. The topological polar surface area (TPSA) is 50.4 Å². The Morgan fingerprint density at radius 1 is 1.12 bits per heavy atom. The summed E-state index contributed by atoms with van der Waals surface area (Å²) in [5, 5.41) is 19.3. The molecule has 1 aromatic carbocycles. The Morgan fingerprint density at radius 3 is 2.42 bits per heavy atom. The maximum Gasteiger partial charge on any atom is 0.166 e. The Kier molecular flexibility index (Phi) is 3.29. The summed E-state index contributed by atoms with van der Waals surface area (Å²) >= 11 is 0. The summed E-state index contributed by atoms with van der Waals surface area (Å²) in [5.41, 5.74) is 3.24. The molecule has 1 saturated carbocycles. The second-order valence-electron chi connectivity index (χ2n) is 7.33. The number of rotatable bonds is 4. The standard InChI is InChI=1S/C20H23N3O/c1-4-14-7-9-15(10-8-14)20(11-12-20)18-22-21-17-16(19(2,3)24)6-5-13-23(17)18/h5-10,13,24H,4,11-12H2,1-3H3. The lowest BCUT2D eigenvalue weighted by Gasteiger charge is -2.19. The van der Waals surface area contributed by atoms with Crippen molar-refractivity contribution in [3.8, 4) is 0 Å². The maximum atomic E-state index is 10.4. The number of hydrogen-bond acceptors (Lipinski definition) is 3. The summed E-state index contributed by atoms with van der Waals surface area (Å²) in [7, 11) is 0. The Morgan fingerprint density at radius 2 is 1.83 bits per heavy atom. The molecule has 0 radical (unpaired) electrons. The molecule has 1 fully saturated rings. The molecule has 0 spiro atoms. The summed E-state index contributed by atoms with van der Waals surface area (Å²) in [4.78, 5) is 0. The molecule has 24 heavy (non-hydrogen) atoms. The van der Waals surface area contributed by atoms with E-state index in [1.165, 1.54) is 11.1 Å². The normalized spacial score (nSPS) is 16.5. The first kappa shape index (κ1) is 15.3. The van der Waals surface area contributed by atoms with Gasteiger partial charge in [-0.05, 0) is 50.3 Å². The quantitative estimate of drug-likeness (QED) is 0.799. The zero-order valence-corrected chi connectivity index (χ0v) is 14.5. The maximum absolute atomic E-state index is 10.4. The molecule has 0 saturated heterocycles. The Hall–Kier alpha value is -2.20. The van der Waals surface area contributed by atoms with Crippen LogP contribution >= 0.6 is 0 Å². The smallest absolute Gasteiger partial charge is 0.166 e. The van der Waals surface area contributed by atoms with Crippen molar-refractivity contribution in [2.24, 2.45) is 0 Å². The van der Waals surface area contributed by atoms with Gasteiger partial charge in [0, 0.05) is 11.8 Å². The Labute approximate surface area is 142 Å². The minimum absolute atomic E-state index is 0.0378. The first-order valence-corrected chi connectivity index (χ1v) is 8.62. The fourth-order valence-electron chi connectivity index (χ4n) is 3.55. The molecule has 2 aromatic heterocycles. The van der Waals surface area contributed by atoms with E-state index in [9.17, 15) is 5.11 Å². The van der Waals surface area contributed by atoms with E-state index in [1.54, 1.807) is 13.8 Å². The highest BCUT2D eigenvalue weighted by atomic mass is 16.3. The van der Waals surface area contributed by atoms with Gasteiger partial charge in [-0.3, -0.25) is 4.40 Å². The predicted octanol–water partition coefficient (Wildman–Crippen LogP) is 3.60. The average Bonchev–Trinajstić information content (AvgIpc) is 3.26. The van der Waals surface area contributed by atoms with Gasteiger partial charge in [0.05, 0.1) is 11.0 Å². The van der Waals surface area contributed by atoms with Gasteiger partial charge in [0.1, 0.15) is 5.82 Å². The van der Waals surface area contributed by atoms with Gasteiger partial charge < -0.3 is 5.11 Å².